The third-order valence-electron chi connectivity index (χ3n) is 8.99. The molecule has 0 saturated heterocycles. The van der Waals surface area contributed by atoms with E-state index in [0.29, 0.717) is 65.3 Å². The number of ether oxygens (including phenoxy) is 2. The van der Waals surface area contributed by atoms with Crippen LogP contribution in [0.3, 0.4) is 0 Å². The minimum atomic E-state index is -2.02. The number of aromatic carboxylic acids is 1. The number of amides is 1. The molecule has 6 aromatic carbocycles. The van der Waals surface area contributed by atoms with Crippen molar-refractivity contribution in [3.05, 3.63) is 173 Å². The van der Waals surface area contributed by atoms with E-state index in [4.69, 9.17) is 41.3 Å². The molecule has 66 heavy (non-hydrogen) atoms. The molecule has 1 atom stereocenters. The van der Waals surface area contributed by atoms with Crippen molar-refractivity contribution in [1.29, 1.82) is 0 Å². The third kappa shape index (κ3) is 17.1. The van der Waals surface area contributed by atoms with E-state index in [1.54, 1.807) is 73.8 Å². The van der Waals surface area contributed by atoms with Crippen LogP contribution in [0.1, 0.15) is 56.8 Å². The first-order valence-electron chi connectivity index (χ1n) is 20.1. The highest BCUT2D eigenvalue weighted by Crippen LogP contribution is 2.26. The van der Waals surface area contributed by atoms with Crippen molar-refractivity contribution in [3.63, 3.8) is 0 Å². The number of hydrogen-bond donors (Lipinski definition) is 4. The van der Waals surface area contributed by atoms with Gasteiger partial charge in [0.2, 0.25) is 0 Å². The molecule has 0 aliphatic carbocycles. The predicted molar refractivity (Wildman–Crippen MR) is 249 cm³/mol. The first kappa shape index (κ1) is 50.4. The van der Waals surface area contributed by atoms with Crippen molar-refractivity contribution in [2.75, 3.05) is 31.1 Å². The molecule has 0 aliphatic heterocycles. The molecule has 0 spiro atoms. The molecular formula is C48H50N2O14S2. The summed E-state index contributed by atoms with van der Waals surface area (Å²) in [6.07, 6.45) is 0. The van der Waals surface area contributed by atoms with E-state index < -0.39 is 23.2 Å². The van der Waals surface area contributed by atoms with E-state index in [2.05, 4.69) is 15.7 Å². The lowest BCUT2D eigenvalue weighted by molar-refractivity contribution is -0.253. The van der Waals surface area contributed by atoms with Crippen LogP contribution in [0.15, 0.2) is 140 Å². The van der Waals surface area contributed by atoms with Gasteiger partial charge in [-0.25, -0.2) is 9.68 Å². The Morgan fingerprint density at radius 2 is 1.29 bits per heavy atom. The van der Waals surface area contributed by atoms with Gasteiger partial charge in [0.05, 0.1) is 30.0 Å². The number of methoxy groups -OCH3 is 1. The predicted octanol–water partition coefficient (Wildman–Crippen LogP) is 10.5. The number of anilines is 2. The Balaban J connectivity index is 0.000000255. The number of para-hydroxylation sites is 1. The van der Waals surface area contributed by atoms with Crippen molar-refractivity contribution in [2.24, 2.45) is 5.41 Å². The van der Waals surface area contributed by atoms with E-state index >= 15 is 0 Å². The van der Waals surface area contributed by atoms with Gasteiger partial charge in [-0.2, -0.15) is 4.21 Å². The fourth-order valence-corrected chi connectivity index (χ4v) is 6.54. The van der Waals surface area contributed by atoms with Gasteiger partial charge in [-0.05, 0) is 116 Å². The maximum Gasteiger partial charge on any atom is 0.417 e. The lowest BCUT2D eigenvalue weighted by atomic mass is 9.96. The quantitative estimate of drug-likeness (QED) is 0.0204. The van der Waals surface area contributed by atoms with E-state index in [0.717, 1.165) is 16.8 Å². The molecule has 6 aromatic rings. The smallest absolute Gasteiger partial charge is 0.417 e. The van der Waals surface area contributed by atoms with Crippen LogP contribution in [0.5, 0.6) is 28.7 Å². The zero-order valence-electron chi connectivity index (χ0n) is 36.7. The number of carbonyl (C=O) groups excluding carboxylic acids is 1. The summed E-state index contributed by atoms with van der Waals surface area (Å²) in [6.45, 7) is 9.12. The van der Waals surface area contributed by atoms with E-state index in [1.165, 1.54) is 18.2 Å². The Hall–Kier alpha value is -6.64. The Kier molecular flexibility index (Phi) is 19.6. The highest BCUT2D eigenvalue weighted by molar-refractivity contribution is 7.90. The largest absolute Gasteiger partial charge is 0.493 e. The fourth-order valence-electron chi connectivity index (χ4n) is 5.66. The number of carboxylic acids is 1. The number of hydrogen-bond acceptors (Lipinski definition) is 15. The minimum Gasteiger partial charge on any atom is -0.493 e. The number of carboxylic acid groups (broad SMARTS) is 1. The van der Waals surface area contributed by atoms with E-state index in [1.807, 2.05) is 82.3 Å². The molecular weight excluding hydrogens is 893 g/mol. The molecule has 18 heteroatoms. The summed E-state index contributed by atoms with van der Waals surface area (Å²) in [4.78, 5) is 39.4. The van der Waals surface area contributed by atoms with Crippen molar-refractivity contribution in [2.45, 2.75) is 40.9 Å². The molecule has 1 amide bonds. The second-order valence-electron chi connectivity index (χ2n) is 15.1. The number of nitrogens with one attached hydrogen (secondary N) is 2. The Bertz CT molecular complexity index is 2470. The highest BCUT2D eigenvalue weighted by atomic mass is 32.2. The monoisotopic (exact) mass is 942 g/mol. The molecule has 16 nitrogen and oxygen atoms in total. The lowest BCUT2D eigenvalue weighted by Gasteiger charge is -2.23. The van der Waals surface area contributed by atoms with Crippen LogP contribution in [-0.2, 0) is 43.4 Å². The molecule has 4 N–H and O–H groups in total. The first-order chi connectivity index (χ1) is 31.8. The minimum absolute atomic E-state index is 0.0206. The van der Waals surface area contributed by atoms with Gasteiger partial charge in [-0.3, -0.25) is 20.4 Å². The lowest BCUT2D eigenvalue weighted by Crippen LogP contribution is -2.26. The summed E-state index contributed by atoms with van der Waals surface area (Å²) in [5.41, 5.74) is 7.22. The molecule has 0 heterocycles. The van der Waals surface area contributed by atoms with Gasteiger partial charge in [-0.15, -0.1) is 0 Å². The second kappa shape index (κ2) is 25.7. The van der Waals surface area contributed by atoms with Crippen LogP contribution in [0.25, 0.3) is 0 Å². The summed E-state index contributed by atoms with van der Waals surface area (Å²) in [5, 5.41) is 21.0. The zero-order chi connectivity index (χ0) is 47.3. The van der Waals surface area contributed by atoms with Crippen molar-refractivity contribution in [1.82, 2.24) is 0 Å². The number of carbonyl (C=O) groups is 2. The maximum absolute atomic E-state index is 12.9. The third-order valence-corrected chi connectivity index (χ3v) is 10.0. The molecule has 6 rings (SSSR count). The van der Waals surface area contributed by atoms with Crippen molar-refractivity contribution >= 4 is 46.9 Å². The molecule has 348 valence electrons. The summed E-state index contributed by atoms with van der Waals surface area (Å²) in [5.74, 6) is 0.234. The molecule has 0 radical (unpaired) electrons. The summed E-state index contributed by atoms with van der Waals surface area (Å²) in [6, 6.07) is 39.5. The van der Waals surface area contributed by atoms with Crippen LogP contribution in [0.2, 0.25) is 0 Å². The van der Waals surface area contributed by atoms with Crippen LogP contribution in [-0.4, -0.2) is 46.8 Å². The zero-order valence-corrected chi connectivity index (χ0v) is 38.4. The van der Waals surface area contributed by atoms with Gasteiger partial charge < -0.3 is 37.3 Å². The summed E-state index contributed by atoms with van der Waals surface area (Å²) >= 11 is -1.49. The number of benzene rings is 6. The molecule has 0 aromatic heterocycles. The average molecular weight is 943 g/mol. The molecule has 0 saturated carbocycles. The van der Waals surface area contributed by atoms with Crippen molar-refractivity contribution < 1.29 is 65.1 Å². The number of rotatable bonds is 23. The molecule has 0 bridgehead atoms. The fraction of sp³-hybridized carbons (Fsp3) is 0.208. The first-order valence-corrected chi connectivity index (χ1v) is 21.8. The standard InChI is InChI=1S/C27H29NO8S.C21H21NO6S/c1-18-5-9-21(10-6-18)34-36-37-35-22-13-14-23(26(30)31)24(15-22)25(29)28-19-7-11-20(12-8-19)33-17-27(2,3)16-32-4;1-16-7-10-20(11-8-16)27-29(24)28-21-12-9-17(15-26-23)18(13-21)14-25-22-19-5-3-2-4-6-19/h5-15H,16-17H2,1-4H3,(H,28,29)(H,30,31);2-13,22-23H,14-15H2,1H3. The molecule has 0 fully saturated rings. The second-order valence-corrected chi connectivity index (χ2v) is 16.3. The summed E-state index contributed by atoms with van der Waals surface area (Å²) in [7, 11) is 1.64. The van der Waals surface area contributed by atoms with Gasteiger partial charge in [-0.1, -0.05) is 77.8 Å². The van der Waals surface area contributed by atoms with Gasteiger partial charge in [0.1, 0.15) is 36.2 Å². The van der Waals surface area contributed by atoms with Gasteiger partial charge >= 0.3 is 17.3 Å². The Morgan fingerprint density at radius 1 is 0.667 bits per heavy atom. The Morgan fingerprint density at radius 3 is 1.94 bits per heavy atom. The summed E-state index contributed by atoms with van der Waals surface area (Å²) < 4.78 is 44.1. The van der Waals surface area contributed by atoms with Gasteiger partial charge in [0.15, 0.2) is 5.75 Å². The van der Waals surface area contributed by atoms with E-state index in [-0.39, 0.29) is 35.5 Å². The topological polar surface area (TPSA) is 199 Å². The van der Waals surface area contributed by atoms with Crippen LogP contribution < -0.4 is 33.0 Å². The van der Waals surface area contributed by atoms with Gasteiger partial charge in [0.25, 0.3) is 18.2 Å². The SMILES string of the molecule is COCC(C)(C)COc1ccc(NC(=O)c2cc(OSOOc3ccc(C)cc3)ccc2C(=O)O)cc1.Cc1ccc(OS(=O)Oc2ccc(COO)c(CONc3ccccc3)c2)cc1. The van der Waals surface area contributed by atoms with Crippen molar-refractivity contribution in [3.8, 4) is 28.7 Å². The number of aryl methyl sites for hydroxylation is 2. The van der Waals surface area contributed by atoms with E-state index in [9.17, 15) is 18.9 Å². The highest BCUT2D eigenvalue weighted by Gasteiger charge is 2.20. The van der Waals surface area contributed by atoms with Crippen LogP contribution in [0, 0.1) is 19.3 Å². The average Bonchev–Trinajstić information content (AvgIpc) is 3.30. The van der Waals surface area contributed by atoms with Crippen LogP contribution in [0.4, 0.5) is 11.4 Å². The van der Waals surface area contributed by atoms with Crippen LogP contribution >= 0.6 is 12.3 Å². The Labute approximate surface area is 389 Å². The van der Waals surface area contributed by atoms with Gasteiger partial charge in [0, 0.05) is 18.2 Å². The normalized spacial score (nSPS) is 11.3. The molecule has 1 unspecified atom stereocenters. The maximum atomic E-state index is 12.9. The molecule has 0 aliphatic rings.